The van der Waals surface area contributed by atoms with Gasteiger partial charge in [0.2, 0.25) is 0 Å². The average molecular weight is 273 g/mol. The van der Waals surface area contributed by atoms with Crippen LogP contribution in [0.4, 0.5) is 4.39 Å². The molecule has 0 bridgehead atoms. The third kappa shape index (κ3) is 3.54. The van der Waals surface area contributed by atoms with E-state index in [2.05, 4.69) is 9.97 Å². The van der Waals surface area contributed by atoms with E-state index < -0.39 is 0 Å². The molecule has 0 amide bonds. The highest BCUT2D eigenvalue weighted by atomic mass is 35.5. The number of rotatable bonds is 3. The first-order chi connectivity index (χ1) is 8.13. The number of benzene rings is 1. The Morgan fingerprint density at radius 1 is 1.06 bits per heavy atom. The maximum atomic E-state index is 12.6. The lowest BCUT2D eigenvalue weighted by molar-refractivity contribution is 0.295. The Balaban J connectivity index is 2.04. The topological polar surface area (TPSA) is 35.0 Å². The minimum Gasteiger partial charge on any atom is -0.486 e. The van der Waals surface area contributed by atoms with Gasteiger partial charge in [0, 0.05) is 6.07 Å². The van der Waals surface area contributed by atoms with Gasteiger partial charge in [-0.05, 0) is 24.3 Å². The van der Waals surface area contributed by atoms with Crippen molar-refractivity contribution in [1.82, 2.24) is 9.97 Å². The van der Waals surface area contributed by atoms with E-state index in [0.29, 0.717) is 11.6 Å². The molecule has 0 radical (unpaired) electrons. The molecule has 1 heterocycles. The number of hydrogen-bond donors (Lipinski definition) is 0. The molecule has 0 aliphatic heterocycles. The Bertz CT molecular complexity index is 499. The molecular weight excluding hydrogens is 266 g/mol. The molecule has 1 aromatic heterocycles. The van der Waals surface area contributed by atoms with Gasteiger partial charge in [-0.3, -0.25) is 0 Å². The average Bonchev–Trinajstić information content (AvgIpc) is 2.27. The third-order valence-electron chi connectivity index (χ3n) is 1.89. The molecular formula is C11H7Cl2FN2O. The van der Waals surface area contributed by atoms with Crippen LogP contribution >= 0.6 is 23.2 Å². The van der Waals surface area contributed by atoms with Gasteiger partial charge in [-0.2, -0.15) is 0 Å². The van der Waals surface area contributed by atoms with Crippen molar-refractivity contribution in [2.75, 3.05) is 0 Å². The van der Waals surface area contributed by atoms with Gasteiger partial charge in [0.1, 0.15) is 28.5 Å². The van der Waals surface area contributed by atoms with E-state index in [1.807, 2.05) is 0 Å². The van der Waals surface area contributed by atoms with Crippen molar-refractivity contribution in [2.24, 2.45) is 0 Å². The molecule has 0 N–H and O–H groups in total. The summed E-state index contributed by atoms with van der Waals surface area (Å²) in [6.45, 7) is 0.117. The molecule has 6 heteroatoms. The minimum absolute atomic E-state index is 0.117. The molecule has 0 atom stereocenters. The van der Waals surface area contributed by atoms with Crippen molar-refractivity contribution >= 4 is 23.2 Å². The summed E-state index contributed by atoms with van der Waals surface area (Å²) in [6.07, 6.45) is 0. The van der Waals surface area contributed by atoms with Gasteiger partial charge in [0.15, 0.2) is 5.82 Å². The van der Waals surface area contributed by atoms with Gasteiger partial charge in [-0.1, -0.05) is 23.2 Å². The second-order valence-corrected chi connectivity index (χ2v) is 3.95. The summed E-state index contributed by atoms with van der Waals surface area (Å²) in [5, 5.41) is 0.505. The summed E-state index contributed by atoms with van der Waals surface area (Å²) in [5.74, 6) is 0.567. The summed E-state index contributed by atoms with van der Waals surface area (Å²) in [7, 11) is 0. The predicted octanol–water partition coefficient (Wildman–Crippen LogP) is 3.50. The minimum atomic E-state index is -0.320. The van der Waals surface area contributed by atoms with Gasteiger partial charge in [-0.25, -0.2) is 14.4 Å². The van der Waals surface area contributed by atoms with Crippen LogP contribution < -0.4 is 4.74 Å². The molecule has 0 unspecified atom stereocenters. The maximum Gasteiger partial charge on any atom is 0.169 e. The predicted molar refractivity (Wildman–Crippen MR) is 62.8 cm³/mol. The van der Waals surface area contributed by atoms with Crippen molar-refractivity contribution in [3.05, 3.63) is 52.3 Å². The normalized spacial score (nSPS) is 10.3. The van der Waals surface area contributed by atoms with Crippen molar-refractivity contribution in [3.63, 3.8) is 0 Å². The van der Waals surface area contributed by atoms with E-state index in [1.54, 1.807) is 0 Å². The van der Waals surface area contributed by atoms with Crippen LogP contribution in [-0.2, 0) is 6.61 Å². The molecule has 0 saturated heterocycles. The molecule has 17 heavy (non-hydrogen) atoms. The van der Waals surface area contributed by atoms with Crippen molar-refractivity contribution in [2.45, 2.75) is 6.61 Å². The maximum absolute atomic E-state index is 12.6. The molecule has 88 valence electrons. The number of halogens is 3. The van der Waals surface area contributed by atoms with Crippen LogP contribution in [0, 0.1) is 5.82 Å². The second kappa shape index (κ2) is 5.29. The monoisotopic (exact) mass is 272 g/mol. The first kappa shape index (κ1) is 12.1. The van der Waals surface area contributed by atoms with E-state index in [1.165, 1.54) is 30.3 Å². The zero-order chi connectivity index (χ0) is 12.3. The lowest BCUT2D eigenvalue weighted by atomic mass is 10.3. The molecule has 2 rings (SSSR count). The van der Waals surface area contributed by atoms with Crippen LogP contribution in [-0.4, -0.2) is 9.97 Å². The van der Waals surface area contributed by atoms with Gasteiger partial charge >= 0.3 is 0 Å². The lowest BCUT2D eigenvalue weighted by Gasteiger charge is -2.05. The second-order valence-electron chi connectivity index (χ2n) is 3.17. The van der Waals surface area contributed by atoms with E-state index in [0.717, 1.165) is 0 Å². The summed E-state index contributed by atoms with van der Waals surface area (Å²) in [6, 6.07) is 7.08. The quantitative estimate of drug-likeness (QED) is 0.803. The van der Waals surface area contributed by atoms with E-state index in [-0.39, 0.29) is 22.7 Å². The van der Waals surface area contributed by atoms with Crippen molar-refractivity contribution in [3.8, 4) is 5.75 Å². The Labute approximate surface area is 107 Å². The number of aromatic nitrogens is 2. The van der Waals surface area contributed by atoms with Gasteiger partial charge in [0.05, 0.1) is 0 Å². The fourth-order valence-electron chi connectivity index (χ4n) is 1.18. The SMILES string of the molecule is Fc1ccc(OCc2nc(Cl)cc(Cl)n2)cc1. The number of hydrogen-bond acceptors (Lipinski definition) is 3. The Morgan fingerprint density at radius 3 is 2.24 bits per heavy atom. The van der Waals surface area contributed by atoms with Crippen LogP contribution in [0.2, 0.25) is 10.3 Å². The van der Waals surface area contributed by atoms with Crippen molar-refractivity contribution in [1.29, 1.82) is 0 Å². The Hall–Kier alpha value is -1.39. The lowest BCUT2D eigenvalue weighted by Crippen LogP contribution is -2.01. The van der Waals surface area contributed by atoms with E-state index >= 15 is 0 Å². The van der Waals surface area contributed by atoms with E-state index in [4.69, 9.17) is 27.9 Å². The van der Waals surface area contributed by atoms with Gasteiger partial charge < -0.3 is 4.74 Å². The van der Waals surface area contributed by atoms with Crippen LogP contribution in [0.3, 0.4) is 0 Å². The fraction of sp³-hybridized carbons (Fsp3) is 0.0909. The first-order valence-electron chi connectivity index (χ1n) is 4.71. The van der Waals surface area contributed by atoms with Crippen molar-refractivity contribution < 1.29 is 9.13 Å². The molecule has 0 spiro atoms. The van der Waals surface area contributed by atoms with Gasteiger partial charge in [-0.15, -0.1) is 0 Å². The zero-order valence-electron chi connectivity index (χ0n) is 8.53. The van der Waals surface area contributed by atoms with Crippen LogP contribution in [0.15, 0.2) is 30.3 Å². The molecule has 0 aliphatic rings. The summed E-state index contributed by atoms with van der Waals surface area (Å²) >= 11 is 11.4. The Morgan fingerprint density at radius 2 is 1.65 bits per heavy atom. The molecule has 0 fully saturated rings. The number of nitrogens with zero attached hydrogens (tertiary/aromatic N) is 2. The summed E-state index contributed by atoms with van der Waals surface area (Å²) in [5.41, 5.74) is 0. The standard InChI is InChI=1S/C11H7Cl2FN2O/c12-9-5-10(13)16-11(15-9)6-17-8-3-1-7(14)2-4-8/h1-5H,6H2. The molecule has 0 saturated carbocycles. The summed E-state index contributed by atoms with van der Waals surface area (Å²) in [4.78, 5) is 7.87. The van der Waals surface area contributed by atoms with Crippen LogP contribution in [0.25, 0.3) is 0 Å². The first-order valence-corrected chi connectivity index (χ1v) is 5.46. The van der Waals surface area contributed by atoms with E-state index in [9.17, 15) is 4.39 Å². The van der Waals surface area contributed by atoms with Crippen LogP contribution in [0.1, 0.15) is 5.82 Å². The Kier molecular flexibility index (Phi) is 3.76. The number of ether oxygens (including phenoxy) is 1. The smallest absolute Gasteiger partial charge is 0.169 e. The highest BCUT2D eigenvalue weighted by Gasteiger charge is 2.03. The highest BCUT2D eigenvalue weighted by Crippen LogP contribution is 2.15. The summed E-state index contributed by atoms with van der Waals surface area (Å²) < 4.78 is 18.0. The molecule has 3 nitrogen and oxygen atoms in total. The van der Waals surface area contributed by atoms with Gasteiger partial charge in [0.25, 0.3) is 0 Å². The van der Waals surface area contributed by atoms with Crippen LogP contribution in [0.5, 0.6) is 5.75 Å². The largest absolute Gasteiger partial charge is 0.486 e. The third-order valence-corrected chi connectivity index (χ3v) is 2.28. The highest BCUT2D eigenvalue weighted by molar-refractivity contribution is 6.33. The fourth-order valence-corrected chi connectivity index (χ4v) is 1.64. The molecule has 0 aliphatic carbocycles. The molecule has 2 aromatic rings. The molecule has 1 aromatic carbocycles. The zero-order valence-corrected chi connectivity index (χ0v) is 10.0.